The molecule has 2 aromatic rings. The van der Waals surface area contributed by atoms with E-state index in [0.29, 0.717) is 28.7 Å². The monoisotopic (exact) mass is 454 g/mol. The van der Waals surface area contributed by atoms with Crippen molar-refractivity contribution >= 4 is 11.0 Å². The molecule has 0 fully saturated rings. The zero-order chi connectivity index (χ0) is 24.5. The van der Waals surface area contributed by atoms with Gasteiger partial charge in [-0.1, -0.05) is 49.8 Å². The molecule has 0 aliphatic carbocycles. The molecule has 1 heterocycles. The highest BCUT2D eigenvalue weighted by Crippen LogP contribution is 2.27. The number of phenols is 1. The van der Waals surface area contributed by atoms with E-state index in [1.165, 1.54) is 17.7 Å². The van der Waals surface area contributed by atoms with Gasteiger partial charge in [-0.25, -0.2) is 0 Å². The highest BCUT2D eigenvalue weighted by Gasteiger charge is 2.29. The molecule has 4 atom stereocenters. The second-order valence-electron chi connectivity index (χ2n) is 8.71. The van der Waals surface area contributed by atoms with Crippen molar-refractivity contribution in [2.24, 2.45) is 11.8 Å². The van der Waals surface area contributed by atoms with E-state index < -0.39 is 0 Å². The predicted octanol–water partition coefficient (Wildman–Crippen LogP) is 6.12. The van der Waals surface area contributed by atoms with Gasteiger partial charge in [0.2, 0.25) is 0 Å². The van der Waals surface area contributed by atoms with E-state index in [9.17, 15) is 9.90 Å². The maximum Gasteiger partial charge on any atom is 0.195 e. The van der Waals surface area contributed by atoms with Gasteiger partial charge in [0.15, 0.2) is 5.43 Å². The Bertz CT molecular complexity index is 1060. The van der Waals surface area contributed by atoms with Crippen LogP contribution in [0.3, 0.4) is 0 Å². The molecule has 0 spiro atoms. The fourth-order valence-electron chi connectivity index (χ4n) is 4.18. The van der Waals surface area contributed by atoms with Gasteiger partial charge in [-0.2, -0.15) is 0 Å². The van der Waals surface area contributed by atoms with Gasteiger partial charge in [0.25, 0.3) is 0 Å². The number of aromatic hydroxyl groups is 1. The van der Waals surface area contributed by atoms with Crippen LogP contribution in [-0.4, -0.2) is 31.5 Å². The standard InChI is InChI=1S/C28H38O5/c1-8-18(2)11-9-10-12-24(31-6)21(5)28(32-7)19(3)13-16-25-20(4)27(30)23-15-14-22(29)17-26(23)33-25/h8-12,14-15,17,19,21,24,28-29H,13,16H2,1-7H3/b11-9+,12-10+,18-8+. The second kappa shape index (κ2) is 12.6. The predicted molar refractivity (Wildman–Crippen MR) is 135 cm³/mol. The first-order chi connectivity index (χ1) is 15.7. The molecular formula is C28H38O5. The van der Waals surface area contributed by atoms with E-state index in [2.05, 4.69) is 39.0 Å². The van der Waals surface area contributed by atoms with Gasteiger partial charge in [-0.05, 0) is 45.2 Å². The molecule has 5 nitrogen and oxygen atoms in total. The molecule has 33 heavy (non-hydrogen) atoms. The number of fused-ring (bicyclic) bond motifs is 1. The molecule has 180 valence electrons. The van der Waals surface area contributed by atoms with Gasteiger partial charge in [0.1, 0.15) is 17.1 Å². The fraction of sp³-hybridized carbons (Fsp3) is 0.464. The van der Waals surface area contributed by atoms with Crippen molar-refractivity contribution in [3.05, 3.63) is 75.7 Å². The number of aryl methyl sites for hydroxylation is 1. The van der Waals surface area contributed by atoms with Crippen LogP contribution in [0.2, 0.25) is 0 Å². The van der Waals surface area contributed by atoms with E-state index in [4.69, 9.17) is 13.9 Å². The Morgan fingerprint density at radius 1 is 1.18 bits per heavy atom. The van der Waals surface area contributed by atoms with Crippen LogP contribution in [0.5, 0.6) is 5.75 Å². The lowest BCUT2D eigenvalue weighted by Gasteiger charge is -2.32. The summed E-state index contributed by atoms with van der Waals surface area (Å²) in [7, 11) is 3.44. The van der Waals surface area contributed by atoms with Crippen molar-refractivity contribution in [3.8, 4) is 5.75 Å². The van der Waals surface area contributed by atoms with Crippen molar-refractivity contribution in [2.75, 3.05) is 14.2 Å². The highest BCUT2D eigenvalue weighted by molar-refractivity contribution is 5.78. The Labute approximate surface area is 197 Å². The number of hydrogen-bond acceptors (Lipinski definition) is 5. The molecule has 2 rings (SSSR count). The first-order valence-corrected chi connectivity index (χ1v) is 11.5. The summed E-state index contributed by atoms with van der Waals surface area (Å²) >= 11 is 0. The van der Waals surface area contributed by atoms with Gasteiger partial charge < -0.3 is 19.0 Å². The molecule has 0 amide bonds. The lowest BCUT2D eigenvalue weighted by Crippen LogP contribution is -2.36. The van der Waals surface area contributed by atoms with E-state index in [1.54, 1.807) is 27.2 Å². The summed E-state index contributed by atoms with van der Waals surface area (Å²) in [5, 5.41) is 10.2. The average Bonchev–Trinajstić information content (AvgIpc) is 2.80. The summed E-state index contributed by atoms with van der Waals surface area (Å²) in [6, 6.07) is 4.60. The molecule has 4 unspecified atom stereocenters. The molecular weight excluding hydrogens is 416 g/mol. The van der Waals surface area contributed by atoms with E-state index >= 15 is 0 Å². The van der Waals surface area contributed by atoms with Crippen molar-refractivity contribution in [1.82, 2.24) is 0 Å². The summed E-state index contributed by atoms with van der Waals surface area (Å²) < 4.78 is 17.6. The zero-order valence-corrected chi connectivity index (χ0v) is 20.9. The van der Waals surface area contributed by atoms with Crippen LogP contribution in [0.25, 0.3) is 11.0 Å². The van der Waals surface area contributed by atoms with Crippen LogP contribution in [0.4, 0.5) is 0 Å². The maximum absolute atomic E-state index is 12.7. The summed E-state index contributed by atoms with van der Waals surface area (Å²) in [5.74, 6) is 1.07. The van der Waals surface area contributed by atoms with E-state index in [0.717, 1.165) is 6.42 Å². The summed E-state index contributed by atoms with van der Waals surface area (Å²) in [5.41, 5.74) is 2.18. The fourth-order valence-corrected chi connectivity index (χ4v) is 4.18. The minimum Gasteiger partial charge on any atom is -0.508 e. The van der Waals surface area contributed by atoms with Crippen LogP contribution < -0.4 is 5.43 Å². The number of hydrogen-bond donors (Lipinski definition) is 1. The lowest BCUT2D eigenvalue weighted by molar-refractivity contribution is -0.0343. The highest BCUT2D eigenvalue weighted by atomic mass is 16.5. The molecule has 1 N–H and O–H groups in total. The first-order valence-electron chi connectivity index (χ1n) is 11.5. The average molecular weight is 455 g/mol. The number of allylic oxidation sites excluding steroid dienone is 5. The topological polar surface area (TPSA) is 68.9 Å². The van der Waals surface area contributed by atoms with Gasteiger partial charge in [0.05, 0.1) is 17.6 Å². The van der Waals surface area contributed by atoms with Crippen LogP contribution in [0.1, 0.15) is 45.4 Å². The zero-order valence-electron chi connectivity index (χ0n) is 20.9. The van der Waals surface area contributed by atoms with Gasteiger partial charge in [-0.3, -0.25) is 4.79 Å². The third-order valence-electron chi connectivity index (χ3n) is 6.40. The summed E-state index contributed by atoms with van der Waals surface area (Å²) in [6.07, 6.45) is 11.5. The number of methoxy groups -OCH3 is 2. The van der Waals surface area contributed by atoms with Crippen LogP contribution in [-0.2, 0) is 15.9 Å². The summed E-state index contributed by atoms with van der Waals surface area (Å²) in [4.78, 5) is 12.7. The molecule has 5 heteroatoms. The number of benzene rings is 1. The number of phenolic OH excluding ortho intramolecular Hbond substituents is 1. The summed E-state index contributed by atoms with van der Waals surface area (Å²) in [6.45, 7) is 10.2. The number of ether oxygens (including phenoxy) is 2. The Morgan fingerprint density at radius 2 is 1.91 bits per heavy atom. The largest absolute Gasteiger partial charge is 0.508 e. The smallest absolute Gasteiger partial charge is 0.195 e. The Kier molecular flexibility index (Phi) is 10.1. The van der Waals surface area contributed by atoms with Crippen molar-refractivity contribution < 1.29 is 19.0 Å². The third kappa shape index (κ3) is 6.92. The normalized spacial score (nSPS) is 16.5. The van der Waals surface area contributed by atoms with Crippen LogP contribution in [0, 0.1) is 18.8 Å². The third-order valence-corrected chi connectivity index (χ3v) is 6.40. The Morgan fingerprint density at radius 3 is 2.55 bits per heavy atom. The molecule has 0 aliphatic heterocycles. The van der Waals surface area contributed by atoms with Crippen molar-refractivity contribution in [1.29, 1.82) is 0 Å². The minimum atomic E-state index is -0.0868. The minimum absolute atomic E-state index is 0.0302. The second-order valence-corrected chi connectivity index (χ2v) is 8.71. The molecule has 0 radical (unpaired) electrons. The molecule has 0 bridgehead atoms. The van der Waals surface area contributed by atoms with Crippen molar-refractivity contribution in [2.45, 2.75) is 59.7 Å². The molecule has 0 aliphatic rings. The first kappa shape index (κ1) is 26.6. The molecule has 1 aromatic heterocycles. The molecule has 0 saturated heterocycles. The quantitative estimate of drug-likeness (QED) is 0.414. The van der Waals surface area contributed by atoms with Gasteiger partial charge in [-0.15, -0.1) is 0 Å². The van der Waals surface area contributed by atoms with E-state index in [1.807, 2.05) is 19.1 Å². The Hall–Kier alpha value is -2.63. The maximum atomic E-state index is 12.7. The number of rotatable bonds is 11. The van der Waals surface area contributed by atoms with Crippen LogP contribution in [0.15, 0.2) is 63.4 Å². The SMILES string of the molecule is C/C=C(C)/C=C/C=C/C(OC)C(C)C(OC)C(C)CCc1oc2cc(O)ccc2c(=O)c1C. The van der Waals surface area contributed by atoms with Gasteiger partial charge in [0, 0.05) is 38.2 Å². The van der Waals surface area contributed by atoms with Gasteiger partial charge >= 0.3 is 0 Å². The Balaban J connectivity index is 2.13. The van der Waals surface area contributed by atoms with E-state index in [-0.39, 0.29) is 35.2 Å². The molecule has 1 aromatic carbocycles. The van der Waals surface area contributed by atoms with Crippen LogP contribution >= 0.6 is 0 Å². The lowest BCUT2D eigenvalue weighted by atomic mass is 9.86. The van der Waals surface area contributed by atoms with Crippen molar-refractivity contribution in [3.63, 3.8) is 0 Å². The molecule has 0 saturated carbocycles.